The Morgan fingerprint density at radius 1 is 1.04 bits per heavy atom. The molecule has 0 spiro atoms. The van der Waals surface area contributed by atoms with Crippen LogP contribution in [0.1, 0.15) is 30.5 Å². The number of hydrogen-bond acceptors (Lipinski definition) is 3. The van der Waals surface area contributed by atoms with Gasteiger partial charge in [0.05, 0.1) is 20.3 Å². The van der Waals surface area contributed by atoms with Gasteiger partial charge in [-0.25, -0.2) is 4.99 Å². The lowest BCUT2D eigenvalue weighted by Crippen LogP contribution is -2.36. The summed E-state index contributed by atoms with van der Waals surface area (Å²) in [5, 5.41) is 6.68. The van der Waals surface area contributed by atoms with Gasteiger partial charge >= 0.3 is 0 Å². The predicted octanol–water partition coefficient (Wildman–Crippen LogP) is 4.28. The second kappa shape index (κ2) is 12.4. The van der Waals surface area contributed by atoms with Crippen LogP contribution in [0.2, 0.25) is 0 Å². The van der Waals surface area contributed by atoms with E-state index in [2.05, 4.69) is 53.7 Å². The van der Waals surface area contributed by atoms with Crippen LogP contribution in [0.4, 0.5) is 0 Å². The van der Waals surface area contributed by atoms with Gasteiger partial charge in [-0.2, -0.15) is 0 Å². The average Bonchev–Trinajstić information content (AvgIpc) is 2.65. The van der Waals surface area contributed by atoms with Crippen LogP contribution in [-0.2, 0) is 13.1 Å². The second-order valence-electron chi connectivity index (χ2n) is 5.89. The van der Waals surface area contributed by atoms with Gasteiger partial charge in [-0.05, 0) is 49.6 Å². The van der Waals surface area contributed by atoms with Gasteiger partial charge in [0, 0.05) is 13.1 Å². The Labute approximate surface area is 179 Å². The van der Waals surface area contributed by atoms with Crippen molar-refractivity contribution in [2.75, 3.05) is 20.3 Å². The minimum absolute atomic E-state index is 0. The molecule has 2 aromatic carbocycles. The maximum Gasteiger partial charge on any atom is 0.191 e. The van der Waals surface area contributed by atoms with Crippen molar-refractivity contribution in [3.63, 3.8) is 0 Å². The molecular weight excluding hydrogens is 453 g/mol. The average molecular weight is 483 g/mol. The van der Waals surface area contributed by atoms with E-state index in [1.54, 1.807) is 7.11 Å². The highest BCUT2D eigenvalue weighted by molar-refractivity contribution is 14.0. The van der Waals surface area contributed by atoms with Crippen molar-refractivity contribution >= 4 is 29.9 Å². The third-order valence-corrected chi connectivity index (χ3v) is 4.00. The number of nitrogens with one attached hydrogen (secondary N) is 2. The maximum atomic E-state index is 5.64. The Hall–Kier alpha value is -1.96. The number of hydrogen-bond donors (Lipinski definition) is 2. The molecule has 0 aliphatic carbocycles. The number of benzene rings is 2. The van der Waals surface area contributed by atoms with E-state index in [9.17, 15) is 0 Å². The Bertz CT molecular complexity index is 735. The lowest BCUT2D eigenvalue weighted by molar-refractivity contribution is 0.310. The monoisotopic (exact) mass is 483 g/mol. The number of methoxy groups -OCH3 is 1. The van der Waals surface area contributed by atoms with E-state index >= 15 is 0 Å². The van der Waals surface area contributed by atoms with E-state index < -0.39 is 0 Å². The summed E-state index contributed by atoms with van der Waals surface area (Å²) in [5.41, 5.74) is 3.61. The molecule has 0 aliphatic heterocycles. The van der Waals surface area contributed by atoms with Gasteiger partial charge in [-0.1, -0.05) is 30.3 Å². The van der Waals surface area contributed by atoms with Gasteiger partial charge in [0.2, 0.25) is 0 Å². The maximum absolute atomic E-state index is 5.64. The van der Waals surface area contributed by atoms with E-state index in [1.165, 1.54) is 11.1 Å². The highest BCUT2D eigenvalue weighted by Crippen LogP contribution is 2.28. The predicted molar refractivity (Wildman–Crippen MR) is 122 cm³/mol. The minimum Gasteiger partial charge on any atom is -0.493 e. The summed E-state index contributed by atoms with van der Waals surface area (Å²) in [6, 6.07) is 14.3. The van der Waals surface area contributed by atoms with Crippen LogP contribution >= 0.6 is 24.0 Å². The van der Waals surface area contributed by atoms with Crippen LogP contribution < -0.4 is 20.1 Å². The molecule has 6 heteroatoms. The second-order valence-corrected chi connectivity index (χ2v) is 5.89. The van der Waals surface area contributed by atoms with Crippen LogP contribution in [-0.4, -0.2) is 26.2 Å². The van der Waals surface area contributed by atoms with Gasteiger partial charge in [-0.3, -0.25) is 0 Å². The lowest BCUT2D eigenvalue weighted by atomic mass is 10.1. The summed E-state index contributed by atoms with van der Waals surface area (Å²) in [6.45, 7) is 8.86. The molecule has 0 radical (unpaired) electrons. The highest BCUT2D eigenvalue weighted by Gasteiger charge is 2.06. The van der Waals surface area contributed by atoms with Gasteiger partial charge < -0.3 is 20.1 Å². The molecular formula is C21H30IN3O2. The van der Waals surface area contributed by atoms with Gasteiger partial charge in [0.25, 0.3) is 0 Å². The normalized spacial score (nSPS) is 10.7. The fourth-order valence-electron chi connectivity index (χ4n) is 2.59. The molecule has 27 heavy (non-hydrogen) atoms. The van der Waals surface area contributed by atoms with E-state index in [-0.39, 0.29) is 24.0 Å². The summed E-state index contributed by atoms with van der Waals surface area (Å²) < 4.78 is 11.0. The van der Waals surface area contributed by atoms with Gasteiger partial charge in [0.15, 0.2) is 17.5 Å². The highest BCUT2D eigenvalue weighted by atomic mass is 127. The van der Waals surface area contributed by atoms with Crippen molar-refractivity contribution in [2.24, 2.45) is 4.99 Å². The van der Waals surface area contributed by atoms with Crippen molar-refractivity contribution in [1.82, 2.24) is 10.6 Å². The number of rotatable bonds is 8. The molecule has 0 fully saturated rings. The van der Waals surface area contributed by atoms with Crippen LogP contribution in [0, 0.1) is 6.92 Å². The first-order chi connectivity index (χ1) is 12.7. The molecule has 2 rings (SSSR count). The molecule has 0 heterocycles. The minimum atomic E-state index is 0. The largest absolute Gasteiger partial charge is 0.493 e. The SMILES string of the molecule is CCNC(=NCc1ccc(OC)c(OCC)c1)NCc1ccccc1C.I. The Kier molecular flexibility index (Phi) is 10.6. The summed E-state index contributed by atoms with van der Waals surface area (Å²) in [4.78, 5) is 4.68. The van der Waals surface area contributed by atoms with E-state index in [4.69, 9.17) is 9.47 Å². The summed E-state index contributed by atoms with van der Waals surface area (Å²) in [5.74, 6) is 2.29. The number of halogens is 1. The number of aryl methyl sites for hydroxylation is 1. The zero-order valence-corrected chi connectivity index (χ0v) is 18.9. The fourth-order valence-corrected chi connectivity index (χ4v) is 2.59. The molecule has 0 amide bonds. The molecule has 0 aliphatic rings. The van der Waals surface area contributed by atoms with Crippen molar-refractivity contribution in [3.8, 4) is 11.5 Å². The molecule has 0 bridgehead atoms. The third kappa shape index (κ3) is 7.28. The van der Waals surface area contributed by atoms with Crippen LogP contribution in [0.3, 0.4) is 0 Å². The van der Waals surface area contributed by atoms with E-state index in [0.29, 0.717) is 13.2 Å². The lowest BCUT2D eigenvalue weighted by Gasteiger charge is -2.13. The smallest absolute Gasteiger partial charge is 0.191 e. The van der Waals surface area contributed by atoms with Crippen LogP contribution in [0.5, 0.6) is 11.5 Å². The molecule has 0 atom stereocenters. The quantitative estimate of drug-likeness (QED) is 0.335. The first-order valence-electron chi connectivity index (χ1n) is 9.04. The van der Waals surface area contributed by atoms with Crippen molar-refractivity contribution in [2.45, 2.75) is 33.9 Å². The number of aliphatic imine (C=N–C) groups is 1. The molecule has 2 aromatic rings. The van der Waals surface area contributed by atoms with Crippen LogP contribution in [0.15, 0.2) is 47.5 Å². The van der Waals surface area contributed by atoms with Gasteiger partial charge in [0.1, 0.15) is 0 Å². The first kappa shape index (κ1) is 23.1. The number of nitrogens with zero attached hydrogens (tertiary/aromatic N) is 1. The molecule has 148 valence electrons. The fraction of sp³-hybridized carbons (Fsp3) is 0.381. The Balaban J connectivity index is 0.00000364. The van der Waals surface area contributed by atoms with Crippen LogP contribution in [0.25, 0.3) is 0 Å². The first-order valence-corrected chi connectivity index (χ1v) is 9.04. The summed E-state index contributed by atoms with van der Waals surface area (Å²) >= 11 is 0. The molecule has 2 N–H and O–H groups in total. The molecule has 0 aromatic heterocycles. The van der Waals surface area contributed by atoms with Crippen molar-refractivity contribution < 1.29 is 9.47 Å². The van der Waals surface area contributed by atoms with Crippen molar-refractivity contribution in [3.05, 3.63) is 59.2 Å². The standard InChI is InChI=1S/C21H29N3O2.HI/c1-5-22-21(24-15-18-10-8-7-9-16(18)3)23-14-17-11-12-19(25-4)20(13-17)26-6-2;/h7-13H,5-6,14-15H2,1-4H3,(H2,22,23,24);1H. The zero-order valence-electron chi connectivity index (χ0n) is 16.5. The van der Waals surface area contributed by atoms with Crippen molar-refractivity contribution in [1.29, 1.82) is 0 Å². The Morgan fingerprint density at radius 3 is 2.48 bits per heavy atom. The van der Waals surface area contributed by atoms with E-state index in [0.717, 1.165) is 36.1 Å². The number of ether oxygens (including phenoxy) is 2. The zero-order chi connectivity index (χ0) is 18.8. The molecule has 0 saturated heterocycles. The molecule has 0 saturated carbocycles. The third-order valence-electron chi connectivity index (χ3n) is 4.00. The van der Waals surface area contributed by atoms with Gasteiger partial charge in [-0.15, -0.1) is 24.0 Å². The summed E-state index contributed by atoms with van der Waals surface area (Å²) in [6.07, 6.45) is 0. The molecule has 0 unspecified atom stereocenters. The molecule has 5 nitrogen and oxygen atoms in total. The Morgan fingerprint density at radius 2 is 1.81 bits per heavy atom. The summed E-state index contributed by atoms with van der Waals surface area (Å²) in [7, 11) is 1.65. The van der Waals surface area contributed by atoms with E-state index in [1.807, 2.05) is 25.1 Å². The number of guanidine groups is 1. The topological polar surface area (TPSA) is 54.9 Å².